The summed E-state index contributed by atoms with van der Waals surface area (Å²) in [4.78, 5) is 14.3. The highest BCUT2D eigenvalue weighted by molar-refractivity contribution is 7.88. The summed E-state index contributed by atoms with van der Waals surface area (Å²) in [7, 11) is -3.45. The van der Waals surface area contributed by atoms with Crippen molar-refractivity contribution in [1.29, 1.82) is 0 Å². The predicted molar refractivity (Wildman–Crippen MR) is 116 cm³/mol. The second-order valence-electron chi connectivity index (χ2n) is 7.44. The molecular formula is C23H23FN2O5S. The normalized spacial score (nSPS) is 15.0. The Labute approximate surface area is 186 Å². The summed E-state index contributed by atoms with van der Waals surface area (Å²) in [5.74, 6) is 0.417. The quantitative estimate of drug-likeness (QED) is 0.543. The van der Waals surface area contributed by atoms with E-state index in [-0.39, 0.29) is 56.0 Å². The third-order valence-corrected chi connectivity index (χ3v) is 7.03. The van der Waals surface area contributed by atoms with Gasteiger partial charge >= 0.3 is 0 Å². The summed E-state index contributed by atoms with van der Waals surface area (Å²) in [6.45, 7) is 1.15. The number of sulfonamides is 1. The van der Waals surface area contributed by atoms with Gasteiger partial charge in [-0.2, -0.15) is 4.31 Å². The highest BCUT2D eigenvalue weighted by atomic mass is 32.2. The molecule has 1 aromatic heterocycles. The van der Waals surface area contributed by atoms with Gasteiger partial charge in [-0.15, -0.1) is 0 Å². The van der Waals surface area contributed by atoms with Crippen LogP contribution in [-0.2, 0) is 22.4 Å². The van der Waals surface area contributed by atoms with Crippen LogP contribution in [0, 0.1) is 5.82 Å². The zero-order valence-electron chi connectivity index (χ0n) is 17.3. The van der Waals surface area contributed by atoms with Gasteiger partial charge in [-0.3, -0.25) is 4.79 Å². The van der Waals surface area contributed by atoms with Crippen LogP contribution >= 0.6 is 0 Å². The first-order valence-electron chi connectivity index (χ1n) is 10.2. The van der Waals surface area contributed by atoms with Gasteiger partial charge in [-0.25, -0.2) is 12.8 Å². The van der Waals surface area contributed by atoms with E-state index in [1.807, 2.05) is 18.2 Å². The summed E-state index contributed by atoms with van der Waals surface area (Å²) < 4.78 is 50.9. The molecule has 3 aromatic rings. The van der Waals surface area contributed by atoms with E-state index in [9.17, 15) is 17.6 Å². The van der Waals surface area contributed by atoms with E-state index in [0.29, 0.717) is 11.5 Å². The fraction of sp³-hybridized carbons (Fsp3) is 0.261. The van der Waals surface area contributed by atoms with Crippen LogP contribution in [0.25, 0.3) is 0 Å². The second-order valence-corrected chi connectivity index (χ2v) is 9.41. The molecule has 1 aliphatic rings. The van der Waals surface area contributed by atoms with Crippen molar-refractivity contribution in [2.75, 3.05) is 26.2 Å². The number of halogens is 1. The third-order valence-electron chi connectivity index (χ3n) is 5.18. The van der Waals surface area contributed by atoms with Crippen molar-refractivity contribution < 1.29 is 26.8 Å². The van der Waals surface area contributed by atoms with Crippen molar-refractivity contribution in [3.63, 3.8) is 0 Å². The Balaban J connectivity index is 1.30. The van der Waals surface area contributed by atoms with Gasteiger partial charge in [0, 0.05) is 26.2 Å². The van der Waals surface area contributed by atoms with Gasteiger partial charge in [0.15, 0.2) is 5.76 Å². The maximum Gasteiger partial charge on any atom is 0.289 e. The van der Waals surface area contributed by atoms with E-state index in [0.717, 1.165) is 5.56 Å². The van der Waals surface area contributed by atoms with Crippen molar-refractivity contribution in [2.24, 2.45) is 0 Å². The molecule has 0 saturated carbocycles. The number of carbonyl (C=O) groups excluding carboxylic acids is 1. The van der Waals surface area contributed by atoms with Crippen LogP contribution < -0.4 is 4.74 Å². The number of rotatable bonds is 7. The third kappa shape index (κ3) is 5.35. The lowest BCUT2D eigenvalue weighted by Gasteiger charge is -2.33. The van der Waals surface area contributed by atoms with Gasteiger partial charge in [0.1, 0.15) is 23.9 Å². The van der Waals surface area contributed by atoms with Crippen molar-refractivity contribution in [3.8, 4) is 5.75 Å². The largest absolute Gasteiger partial charge is 0.486 e. The van der Waals surface area contributed by atoms with E-state index in [2.05, 4.69) is 0 Å². The van der Waals surface area contributed by atoms with Crippen molar-refractivity contribution in [2.45, 2.75) is 12.4 Å². The SMILES string of the molecule is O=C(c1ccc(COc2ccc(F)cc2)o1)N1CCN(S(=O)(=O)Cc2ccccc2)CC1. The highest BCUT2D eigenvalue weighted by Gasteiger charge is 2.30. The van der Waals surface area contributed by atoms with E-state index >= 15 is 0 Å². The zero-order valence-corrected chi connectivity index (χ0v) is 18.1. The molecule has 0 aliphatic carbocycles. The zero-order chi connectivity index (χ0) is 22.6. The standard InChI is InChI=1S/C23H23FN2O5S/c24-19-6-8-20(9-7-19)30-16-21-10-11-22(31-21)23(27)25-12-14-26(15-13-25)32(28,29)17-18-4-2-1-3-5-18/h1-11H,12-17H2. The highest BCUT2D eigenvalue weighted by Crippen LogP contribution is 2.18. The van der Waals surface area contributed by atoms with Crippen molar-refractivity contribution in [3.05, 3.63) is 89.6 Å². The molecule has 0 radical (unpaired) electrons. The van der Waals surface area contributed by atoms with Gasteiger partial charge in [0.25, 0.3) is 5.91 Å². The molecule has 0 bridgehead atoms. The van der Waals surface area contributed by atoms with E-state index < -0.39 is 10.0 Å². The Morgan fingerprint density at radius 2 is 1.62 bits per heavy atom. The number of nitrogens with zero attached hydrogens (tertiary/aromatic N) is 2. The van der Waals surface area contributed by atoms with Gasteiger partial charge in [-0.1, -0.05) is 30.3 Å². The van der Waals surface area contributed by atoms with Gasteiger partial charge < -0.3 is 14.1 Å². The molecule has 32 heavy (non-hydrogen) atoms. The molecule has 168 valence electrons. The topological polar surface area (TPSA) is 80.1 Å². The molecule has 0 atom stereocenters. The van der Waals surface area contributed by atoms with E-state index in [4.69, 9.17) is 9.15 Å². The minimum Gasteiger partial charge on any atom is -0.486 e. The number of carbonyl (C=O) groups is 1. The minimum absolute atomic E-state index is 0.0581. The second kappa shape index (κ2) is 9.54. The first kappa shape index (κ1) is 22.0. The fourth-order valence-corrected chi connectivity index (χ4v) is 4.97. The summed E-state index contributed by atoms with van der Waals surface area (Å²) >= 11 is 0. The lowest BCUT2D eigenvalue weighted by Crippen LogP contribution is -2.50. The number of hydrogen-bond donors (Lipinski definition) is 0. The average molecular weight is 459 g/mol. The van der Waals surface area contributed by atoms with Crippen LogP contribution in [-0.4, -0.2) is 49.7 Å². The molecule has 0 unspecified atom stereocenters. The smallest absolute Gasteiger partial charge is 0.289 e. The Bertz CT molecular complexity index is 1150. The lowest BCUT2D eigenvalue weighted by molar-refractivity contribution is 0.0662. The van der Waals surface area contributed by atoms with Crippen LogP contribution in [0.2, 0.25) is 0 Å². The molecule has 0 N–H and O–H groups in total. The van der Waals surface area contributed by atoms with Crippen molar-refractivity contribution >= 4 is 15.9 Å². The number of benzene rings is 2. The van der Waals surface area contributed by atoms with Gasteiger partial charge in [0.05, 0.1) is 5.75 Å². The Morgan fingerprint density at radius 1 is 0.938 bits per heavy atom. The molecule has 2 heterocycles. The monoisotopic (exact) mass is 458 g/mol. The Kier molecular flexibility index (Phi) is 6.57. The van der Waals surface area contributed by atoms with Crippen molar-refractivity contribution in [1.82, 2.24) is 9.21 Å². The summed E-state index contributed by atoms with van der Waals surface area (Å²) in [6.07, 6.45) is 0. The fourth-order valence-electron chi connectivity index (χ4n) is 3.46. The van der Waals surface area contributed by atoms with Gasteiger partial charge in [-0.05, 0) is 42.0 Å². The number of ether oxygens (including phenoxy) is 1. The minimum atomic E-state index is -3.45. The first-order chi connectivity index (χ1) is 15.4. The molecule has 0 spiro atoms. The molecule has 7 nitrogen and oxygen atoms in total. The molecule has 1 amide bonds. The average Bonchev–Trinajstić information content (AvgIpc) is 3.28. The molecule has 2 aromatic carbocycles. The number of piperazine rings is 1. The number of furan rings is 1. The van der Waals surface area contributed by atoms with Gasteiger partial charge in [0.2, 0.25) is 10.0 Å². The van der Waals surface area contributed by atoms with Crippen LogP contribution in [0.3, 0.4) is 0 Å². The number of hydrogen-bond acceptors (Lipinski definition) is 5. The number of amides is 1. The van der Waals surface area contributed by atoms with E-state index in [1.165, 1.54) is 28.6 Å². The lowest BCUT2D eigenvalue weighted by atomic mass is 10.2. The predicted octanol–water partition coefficient (Wildman–Crippen LogP) is 3.29. The molecule has 9 heteroatoms. The van der Waals surface area contributed by atoms with E-state index in [1.54, 1.807) is 29.2 Å². The van der Waals surface area contributed by atoms with Crippen LogP contribution in [0.15, 0.2) is 71.1 Å². The van der Waals surface area contributed by atoms with Crippen LogP contribution in [0.4, 0.5) is 4.39 Å². The summed E-state index contributed by atoms with van der Waals surface area (Å²) in [5, 5.41) is 0. The maximum atomic E-state index is 13.0. The molecule has 1 fully saturated rings. The molecule has 1 aliphatic heterocycles. The Morgan fingerprint density at radius 3 is 2.31 bits per heavy atom. The first-order valence-corrected chi connectivity index (χ1v) is 11.8. The molecule has 1 saturated heterocycles. The Hall–Kier alpha value is -3.17. The van der Waals surface area contributed by atoms with Crippen LogP contribution in [0.1, 0.15) is 21.9 Å². The summed E-state index contributed by atoms with van der Waals surface area (Å²) in [5.41, 5.74) is 0.733. The maximum absolute atomic E-state index is 13.0. The summed E-state index contributed by atoms with van der Waals surface area (Å²) in [6, 6.07) is 17.9. The molecular weight excluding hydrogens is 435 g/mol. The van der Waals surface area contributed by atoms with Crippen LogP contribution in [0.5, 0.6) is 5.75 Å². The molecule has 4 rings (SSSR count).